The molecular formula is C23H22O7. The second-order valence-electron chi connectivity index (χ2n) is 10.3. The van der Waals surface area contributed by atoms with E-state index in [4.69, 9.17) is 18.9 Å². The average molecular weight is 410 g/mol. The molecule has 0 aromatic heterocycles. The number of ketones is 1. The van der Waals surface area contributed by atoms with Crippen molar-refractivity contribution in [3.8, 4) is 0 Å². The second-order valence-corrected chi connectivity index (χ2v) is 10.3. The van der Waals surface area contributed by atoms with Gasteiger partial charge in [0.05, 0.1) is 49.4 Å². The number of hydrogen-bond acceptors (Lipinski definition) is 7. The Hall–Kier alpha value is -1.99. The van der Waals surface area contributed by atoms with E-state index in [2.05, 4.69) is 0 Å². The summed E-state index contributed by atoms with van der Waals surface area (Å²) in [6.07, 6.45) is 5.04. The summed E-state index contributed by atoms with van der Waals surface area (Å²) < 4.78 is 23.3. The van der Waals surface area contributed by atoms with Gasteiger partial charge in [0.25, 0.3) is 0 Å². The molecule has 9 rings (SSSR count). The van der Waals surface area contributed by atoms with Crippen LogP contribution in [-0.4, -0.2) is 50.9 Å². The molecule has 1 aliphatic heterocycles. The third-order valence-corrected chi connectivity index (χ3v) is 10.5. The van der Waals surface area contributed by atoms with Crippen LogP contribution >= 0.6 is 0 Å². The first-order chi connectivity index (χ1) is 14.5. The molecule has 30 heavy (non-hydrogen) atoms. The van der Waals surface area contributed by atoms with E-state index in [1.165, 1.54) is 14.2 Å². The van der Waals surface area contributed by atoms with Gasteiger partial charge in [-0.15, -0.1) is 0 Å². The van der Waals surface area contributed by atoms with Gasteiger partial charge in [0.15, 0.2) is 5.79 Å². The summed E-state index contributed by atoms with van der Waals surface area (Å²) in [7, 11) is 2.66. The van der Waals surface area contributed by atoms with Gasteiger partial charge in [0.1, 0.15) is 5.78 Å². The molecule has 156 valence electrons. The molecule has 4 bridgehead atoms. The number of ether oxygens (including phenoxy) is 4. The van der Waals surface area contributed by atoms with Crippen molar-refractivity contribution in [1.82, 2.24) is 0 Å². The van der Waals surface area contributed by atoms with Gasteiger partial charge in [0, 0.05) is 23.7 Å². The molecule has 5 saturated carbocycles. The standard InChI is InChI=1S/C23H22O7/c1-27-19(25)13-10-3-4-11(14(13)20(26)28-2)22-17-9-7-8-12(18(24)21(10,22)16(8)17)15(9)23(22)29-5-6-30-23/h3-4,8-12,15-17H,5-7H2,1-2H3/t8-,9+,10-,11+,12-,15+,16+,17-,21-,22-/m0/s1. The smallest absolute Gasteiger partial charge is 0.334 e. The van der Waals surface area contributed by atoms with Gasteiger partial charge in [-0.25, -0.2) is 9.59 Å². The van der Waals surface area contributed by atoms with Crippen LogP contribution in [0.5, 0.6) is 0 Å². The van der Waals surface area contributed by atoms with Gasteiger partial charge in [-0.3, -0.25) is 4.79 Å². The number of methoxy groups -OCH3 is 2. The highest BCUT2D eigenvalue weighted by atomic mass is 16.7. The van der Waals surface area contributed by atoms with Crippen molar-refractivity contribution in [2.24, 2.45) is 58.2 Å². The molecule has 9 aliphatic rings. The largest absolute Gasteiger partial charge is 0.466 e. The van der Waals surface area contributed by atoms with Crippen molar-refractivity contribution in [3.63, 3.8) is 0 Å². The summed E-state index contributed by atoms with van der Waals surface area (Å²) in [6, 6.07) is 0. The zero-order valence-electron chi connectivity index (χ0n) is 16.8. The van der Waals surface area contributed by atoms with Crippen LogP contribution in [-0.2, 0) is 33.3 Å². The Morgan fingerprint density at radius 1 is 0.933 bits per heavy atom. The van der Waals surface area contributed by atoms with Gasteiger partial charge < -0.3 is 18.9 Å². The van der Waals surface area contributed by atoms with Crippen LogP contribution in [0.15, 0.2) is 23.3 Å². The molecule has 7 heteroatoms. The van der Waals surface area contributed by atoms with E-state index < -0.39 is 40.4 Å². The topological polar surface area (TPSA) is 88.1 Å². The van der Waals surface area contributed by atoms with Crippen LogP contribution in [0, 0.1) is 58.2 Å². The Bertz CT molecular complexity index is 1050. The fourth-order valence-electron chi connectivity index (χ4n) is 10.8. The Morgan fingerprint density at radius 2 is 1.57 bits per heavy atom. The number of fused-ring (bicyclic) bond motifs is 2. The van der Waals surface area contributed by atoms with Gasteiger partial charge in [-0.2, -0.15) is 0 Å². The fourth-order valence-corrected chi connectivity index (χ4v) is 10.8. The minimum atomic E-state index is -0.836. The second kappa shape index (κ2) is 4.46. The van der Waals surface area contributed by atoms with Gasteiger partial charge >= 0.3 is 11.9 Å². The van der Waals surface area contributed by atoms with E-state index in [9.17, 15) is 14.4 Å². The van der Waals surface area contributed by atoms with E-state index >= 15 is 0 Å². The summed E-state index contributed by atoms with van der Waals surface area (Å²) in [5.74, 6) is -1.20. The van der Waals surface area contributed by atoms with Crippen molar-refractivity contribution in [3.05, 3.63) is 23.3 Å². The summed E-state index contributed by atoms with van der Waals surface area (Å²) >= 11 is 0. The van der Waals surface area contributed by atoms with Crippen LogP contribution in [0.25, 0.3) is 0 Å². The van der Waals surface area contributed by atoms with Crippen LogP contribution in [0.2, 0.25) is 0 Å². The monoisotopic (exact) mass is 410 g/mol. The maximum Gasteiger partial charge on any atom is 0.334 e. The number of carbonyl (C=O) groups excluding carboxylic acids is 3. The third-order valence-electron chi connectivity index (χ3n) is 10.5. The van der Waals surface area contributed by atoms with E-state index in [1.54, 1.807) is 0 Å². The summed E-state index contributed by atoms with van der Waals surface area (Å²) in [4.78, 5) is 40.1. The molecule has 1 heterocycles. The molecule has 6 fully saturated rings. The third kappa shape index (κ3) is 1.09. The first-order valence-corrected chi connectivity index (χ1v) is 10.9. The molecular weight excluding hydrogens is 388 g/mol. The Balaban J connectivity index is 1.50. The minimum Gasteiger partial charge on any atom is -0.466 e. The number of carbonyl (C=O) groups is 3. The maximum absolute atomic E-state index is 14.2. The molecule has 10 atom stereocenters. The molecule has 0 amide bonds. The van der Waals surface area contributed by atoms with Crippen molar-refractivity contribution in [2.45, 2.75) is 12.2 Å². The normalized spacial score (nSPS) is 55.6. The first-order valence-electron chi connectivity index (χ1n) is 10.9. The molecule has 0 aromatic carbocycles. The average Bonchev–Trinajstić information content (AvgIpc) is 3.47. The lowest BCUT2D eigenvalue weighted by atomic mass is 9.27. The first kappa shape index (κ1) is 16.7. The molecule has 3 spiro atoms. The number of hydrogen-bond donors (Lipinski definition) is 0. The Kier molecular flexibility index (Phi) is 2.48. The lowest BCUT2D eigenvalue weighted by Gasteiger charge is -2.75. The van der Waals surface area contributed by atoms with E-state index in [1.807, 2.05) is 12.2 Å². The maximum atomic E-state index is 14.2. The molecule has 8 aliphatic carbocycles. The Morgan fingerprint density at radius 3 is 2.23 bits per heavy atom. The summed E-state index contributed by atoms with van der Waals surface area (Å²) in [6.45, 7) is 1.01. The van der Waals surface area contributed by atoms with E-state index in [-0.39, 0.29) is 23.5 Å². The van der Waals surface area contributed by atoms with Crippen LogP contribution < -0.4 is 0 Å². The summed E-state index contributed by atoms with van der Waals surface area (Å²) in [5, 5.41) is 0. The van der Waals surface area contributed by atoms with Crippen molar-refractivity contribution in [1.29, 1.82) is 0 Å². The molecule has 0 unspecified atom stereocenters. The molecule has 0 N–H and O–H groups in total. The molecule has 7 nitrogen and oxygen atoms in total. The SMILES string of the molecule is COC(=O)C1=C(C(=O)OC)[C@@H]2C=C[C@H]1[C@]13[C@H]4[C@@H]5C[C@H]6[C@H](C(=O)[C@@]21[C@H]64)[C@@H]5C31OCCO1. The summed E-state index contributed by atoms with van der Waals surface area (Å²) in [5.41, 5.74) is -0.675. The number of rotatable bonds is 2. The predicted molar refractivity (Wildman–Crippen MR) is 97.2 cm³/mol. The molecule has 0 radical (unpaired) electrons. The lowest BCUT2D eigenvalue weighted by molar-refractivity contribution is -0.353. The highest BCUT2D eigenvalue weighted by Crippen LogP contribution is 2.98. The highest BCUT2D eigenvalue weighted by Gasteiger charge is 3.03. The molecule has 0 aromatic rings. The zero-order valence-corrected chi connectivity index (χ0v) is 16.8. The van der Waals surface area contributed by atoms with Crippen LogP contribution in [0.4, 0.5) is 0 Å². The number of esters is 2. The van der Waals surface area contributed by atoms with Crippen LogP contribution in [0.3, 0.4) is 0 Å². The van der Waals surface area contributed by atoms with E-state index in [0.29, 0.717) is 42.1 Å². The van der Waals surface area contributed by atoms with Gasteiger partial charge in [0.2, 0.25) is 0 Å². The van der Waals surface area contributed by atoms with Crippen molar-refractivity contribution < 1.29 is 33.3 Å². The minimum absolute atomic E-state index is 0.0433. The van der Waals surface area contributed by atoms with Gasteiger partial charge in [-0.05, 0) is 30.1 Å². The zero-order chi connectivity index (χ0) is 20.4. The Labute approximate surface area is 172 Å². The predicted octanol–water partition coefficient (Wildman–Crippen LogP) is 0.885. The van der Waals surface area contributed by atoms with Crippen molar-refractivity contribution >= 4 is 17.7 Å². The number of Topliss-reactive ketones (excluding diaryl/α,β-unsaturated/α-hetero) is 1. The number of allylic oxidation sites excluding steroid dienone is 2. The lowest BCUT2D eigenvalue weighted by Crippen LogP contribution is -2.81. The highest BCUT2D eigenvalue weighted by molar-refractivity contribution is 6.07. The van der Waals surface area contributed by atoms with E-state index in [0.717, 1.165) is 6.42 Å². The van der Waals surface area contributed by atoms with Gasteiger partial charge in [-0.1, -0.05) is 12.2 Å². The quantitative estimate of drug-likeness (QED) is 0.493. The van der Waals surface area contributed by atoms with Crippen molar-refractivity contribution in [2.75, 3.05) is 27.4 Å². The van der Waals surface area contributed by atoms with Crippen LogP contribution in [0.1, 0.15) is 6.42 Å². The molecule has 1 saturated heterocycles. The fraction of sp³-hybridized carbons (Fsp3) is 0.696.